The smallest absolute Gasteiger partial charge is 0.368 e. The molecule has 0 heterocycles. The molecule has 0 aromatic carbocycles. The Bertz CT molecular complexity index is 352. The molecule has 1 unspecified atom stereocenters. The molecule has 0 radical (unpaired) electrons. The Labute approximate surface area is 97.1 Å². The van der Waals surface area contributed by atoms with Gasteiger partial charge in [-0.2, -0.15) is 13.2 Å². The van der Waals surface area contributed by atoms with E-state index in [1.54, 1.807) is 12.2 Å². The van der Waals surface area contributed by atoms with E-state index in [-0.39, 0.29) is 5.78 Å². The minimum atomic E-state index is -4.30. The Hall–Kier alpha value is -1.10. The van der Waals surface area contributed by atoms with Gasteiger partial charge in [-0.3, -0.25) is 4.79 Å². The highest BCUT2D eigenvalue weighted by atomic mass is 19.4. The molecule has 2 nitrogen and oxygen atoms in total. The van der Waals surface area contributed by atoms with Crippen molar-refractivity contribution in [2.75, 3.05) is 6.61 Å². The Balaban J connectivity index is 2.05. The predicted octanol–water partition coefficient (Wildman–Crippen LogP) is 2.80. The third-order valence-electron chi connectivity index (χ3n) is 3.24. The fourth-order valence-electron chi connectivity index (χ4n) is 2.42. The van der Waals surface area contributed by atoms with Gasteiger partial charge in [-0.15, -0.1) is 0 Å². The van der Waals surface area contributed by atoms with Crippen molar-refractivity contribution in [1.29, 1.82) is 0 Å². The van der Waals surface area contributed by atoms with Gasteiger partial charge in [0.05, 0.1) is 6.10 Å². The number of ether oxygens (including phenoxy) is 1. The van der Waals surface area contributed by atoms with Crippen LogP contribution in [0.2, 0.25) is 0 Å². The van der Waals surface area contributed by atoms with Crippen molar-refractivity contribution in [3.8, 4) is 0 Å². The van der Waals surface area contributed by atoms with Crippen LogP contribution in [0.4, 0.5) is 13.2 Å². The Morgan fingerprint density at radius 2 is 2.00 bits per heavy atom. The summed E-state index contributed by atoms with van der Waals surface area (Å²) in [4.78, 5) is 11.0. The minimum Gasteiger partial charge on any atom is -0.368 e. The first-order chi connectivity index (χ1) is 7.91. The van der Waals surface area contributed by atoms with Crippen LogP contribution in [0.25, 0.3) is 0 Å². The third kappa shape index (κ3) is 2.77. The van der Waals surface area contributed by atoms with Crippen molar-refractivity contribution in [1.82, 2.24) is 0 Å². The number of carbonyl (C=O) groups is 1. The van der Waals surface area contributed by atoms with E-state index >= 15 is 0 Å². The van der Waals surface area contributed by atoms with Crippen LogP contribution in [0.5, 0.6) is 0 Å². The van der Waals surface area contributed by atoms with E-state index < -0.39 is 24.3 Å². The Morgan fingerprint density at radius 3 is 2.59 bits per heavy atom. The summed E-state index contributed by atoms with van der Waals surface area (Å²) in [6.07, 6.45) is 3.55. The quantitative estimate of drug-likeness (QED) is 0.748. The summed E-state index contributed by atoms with van der Waals surface area (Å²) < 4.78 is 41.3. The number of allylic oxidation sites excluding steroid dienone is 2. The summed E-state index contributed by atoms with van der Waals surface area (Å²) in [5.74, 6) is -0.128. The van der Waals surface area contributed by atoms with Gasteiger partial charge >= 0.3 is 6.18 Å². The number of ketones is 1. The summed E-state index contributed by atoms with van der Waals surface area (Å²) in [5.41, 5.74) is -0.515. The second-order valence-electron chi connectivity index (χ2n) is 4.49. The summed E-state index contributed by atoms with van der Waals surface area (Å²) in [6.45, 7) is -1.23. The molecule has 0 aromatic rings. The van der Waals surface area contributed by atoms with Crippen molar-refractivity contribution in [2.45, 2.75) is 31.5 Å². The molecule has 1 fully saturated rings. The average Bonchev–Trinajstić information content (AvgIpc) is 2.62. The molecule has 5 heteroatoms. The molecule has 17 heavy (non-hydrogen) atoms. The van der Waals surface area contributed by atoms with Gasteiger partial charge in [0, 0.05) is 5.41 Å². The maximum Gasteiger partial charge on any atom is 0.411 e. The zero-order valence-corrected chi connectivity index (χ0v) is 9.17. The lowest BCUT2D eigenvalue weighted by Crippen LogP contribution is -2.33. The molecule has 1 spiro atoms. The molecule has 2 rings (SSSR count). The average molecular weight is 246 g/mol. The monoisotopic (exact) mass is 246 g/mol. The molecule has 1 saturated carbocycles. The van der Waals surface area contributed by atoms with Crippen LogP contribution in [-0.2, 0) is 9.53 Å². The van der Waals surface area contributed by atoms with Crippen LogP contribution >= 0.6 is 0 Å². The molecule has 0 saturated heterocycles. The zero-order chi connectivity index (χ0) is 12.5. The van der Waals surface area contributed by atoms with Crippen LogP contribution in [0.3, 0.4) is 0 Å². The minimum absolute atomic E-state index is 0.128. The highest BCUT2D eigenvalue weighted by Crippen LogP contribution is 2.44. The van der Waals surface area contributed by atoms with Crippen molar-refractivity contribution in [3.63, 3.8) is 0 Å². The van der Waals surface area contributed by atoms with Crippen molar-refractivity contribution < 1.29 is 22.7 Å². The topological polar surface area (TPSA) is 26.3 Å². The summed E-state index contributed by atoms with van der Waals surface area (Å²) in [7, 11) is 0. The highest BCUT2D eigenvalue weighted by molar-refractivity contribution is 6.00. The number of rotatable bonds is 2. The summed E-state index contributed by atoms with van der Waals surface area (Å²) in [6, 6.07) is 0. The van der Waals surface area contributed by atoms with Gasteiger partial charge < -0.3 is 4.74 Å². The van der Waals surface area contributed by atoms with E-state index in [4.69, 9.17) is 4.74 Å². The number of hydrogen-bond donors (Lipinski definition) is 0. The maximum atomic E-state index is 12.1. The van der Waals surface area contributed by atoms with Gasteiger partial charge in [-0.1, -0.05) is 12.2 Å². The molecule has 0 bridgehead atoms. The van der Waals surface area contributed by atoms with Crippen LogP contribution in [-0.4, -0.2) is 24.7 Å². The summed E-state index contributed by atoms with van der Waals surface area (Å²) >= 11 is 0. The first-order valence-electron chi connectivity index (χ1n) is 5.52. The van der Waals surface area contributed by atoms with Gasteiger partial charge in [-0.25, -0.2) is 0 Å². The highest BCUT2D eigenvalue weighted by Gasteiger charge is 2.42. The van der Waals surface area contributed by atoms with Crippen LogP contribution < -0.4 is 0 Å². The lowest BCUT2D eigenvalue weighted by Gasteiger charge is -2.31. The summed E-state index contributed by atoms with van der Waals surface area (Å²) in [5, 5.41) is 0. The second kappa shape index (κ2) is 4.29. The van der Waals surface area contributed by atoms with E-state index in [2.05, 4.69) is 0 Å². The van der Waals surface area contributed by atoms with E-state index in [9.17, 15) is 18.0 Å². The fourth-order valence-corrected chi connectivity index (χ4v) is 2.42. The van der Waals surface area contributed by atoms with Gasteiger partial charge in [0.25, 0.3) is 0 Å². The molecular weight excluding hydrogens is 233 g/mol. The van der Waals surface area contributed by atoms with Crippen molar-refractivity contribution in [3.05, 3.63) is 24.3 Å². The zero-order valence-electron chi connectivity index (χ0n) is 9.17. The largest absolute Gasteiger partial charge is 0.411 e. The molecular formula is C12H13F3O2. The van der Waals surface area contributed by atoms with Gasteiger partial charge in [0.1, 0.15) is 6.61 Å². The predicted molar refractivity (Wildman–Crippen MR) is 55.4 cm³/mol. The maximum absolute atomic E-state index is 12.1. The first-order valence-corrected chi connectivity index (χ1v) is 5.52. The number of hydrogen-bond acceptors (Lipinski definition) is 2. The van der Waals surface area contributed by atoms with E-state index in [0.717, 1.165) is 12.8 Å². The van der Waals surface area contributed by atoms with E-state index in [1.165, 1.54) is 12.2 Å². The molecule has 0 aliphatic heterocycles. The standard InChI is InChI=1S/C12H13F3O2/c13-12(14,15)8-17-10-2-1-5-11(10)6-3-9(16)4-7-11/h3-4,6-7,10H,1-2,5,8H2. The second-order valence-corrected chi connectivity index (χ2v) is 4.49. The lowest BCUT2D eigenvalue weighted by molar-refractivity contribution is -0.190. The van der Waals surface area contributed by atoms with Crippen LogP contribution in [0.15, 0.2) is 24.3 Å². The van der Waals surface area contributed by atoms with Gasteiger partial charge in [-0.05, 0) is 31.4 Å². The van der Waals surface area contributed by atoms with Crippen molar-refractivity contribution in [2.24, 2.45) is 5.41 Å². The SMILES string of the molecule is O=C1C=CC2(C=C1)CCCC2OCC(F)(F)F. The molecule has 0 aromatic heterocycles. The number of halogens is 3. The van der Waals surface area contributed by atoms with Crippen LogP contribution in [0, 0.1) is 5.41 Å². The molecule has 2 aliphatic carbocycles. The fraction of sp³-hybridized carbons (Fsp3) is 0.583. The molecule has 0 amide bonds. The Morgan fingerprint density at radius 1 is 1.35 bits per heavy atom. The first kappa shape index (κ1) is 12.4. The normalized spacial score (nSPS) is 27.0. The number of alkyl halides is 3. The molecule has 2 aliphatic rings. The van der Waals surface area contributed by atoms with Gasteiger partial charge in [0.15, 0.2) is 5.78 Å². The third-order valence-corrected chi connectivity index (χ3v) is 3.24. The van der Waals surface area contributed by atoms with E-state index in [0.29, 0.717) is 6.42 Å². The van der Waals surface area contributed by atoms with Crippen molar-refractivity contribution >= 4 is 5.78 Å². The molecule has 1 atom stereocenters. The van der Waals surface area contributed by atoms with Crippen LogP contribution in [0.1, 0.15) is 19.3 Å². The van der Waals surface area contributed by atoms with E-state index in [1.807, 2.05) is 0 Å². The van der Waals surface area contributed by atoms with Gasteiger partial charge in [0.2, 0.25) is 0 Å². The number of carbonyl (C=O) groups excluding carboxylic acids is 1. The molecule has 0 N–H and O–H groups in total. The lowest BCUT2D eigenvalue weighted by atomic mass is 9.80. The Kier molecular flexibility index (Phi) is 3.12. The molecule has 94 valence electrons.